The first-order valence-electron chi connectivity index (χ1n) is 5.83. The van der Waals surface area contributed by atoms with E-state index in [0.29, 0.717) is 6.61 Å². The molecule has 1 aliphatic rings. The van der Waals surface area contributed by atoms with E-state index in [1.807, 2.05) is 24.3 Å². The third kappa shape index (κ3) is 2.81. The molecule has 0 aromatic heterocycles. The van der Waals surface area contributed by atoms with Crippen molar-refractivity contribution in [1.29, 1.82) is 0 Å². The molecule has 0 amide bonds. The van der Waals surface area contributed by atoms with E-state index in [0.717, 1.165) is 11.3 Å². The first-order valence-corrected chi connectivity index (χ1v) is 5.83. The van der Waals surface area contributed by atoms with E-state index in [1.54, 1.807) is 14.2 Å². The number of benzene rings is 1. The molecule has 0 radical (unpaired) electrons. The van der Waals surface area contributed by atoms with Crippen molar-refractivity contribution in [3.8, 4) is 5.75 Å². The van der Waals surface area contributed by atoms with Gasteiger partial charge in [-0.2, -0.15) is 0 Å². The second-order valence-electron chi connectivity index (χ2n) is 4.07. The fourth-order valence-corrected chi connectivity index (χ4v) is 1.89. The Bertz CT molecular complexity index is 360. The molecule has 5 heteroatoms. The monoisotopic (exact) mass is 254 g/mol. The smallest absolute Gasteiger partial charge is 0.184 e. The normalized spacial score (nSPS) is 25.1. The van der Waals surface area contributed by atoms with Gasteiger partial charge in [-0.15, -0.1) is 0 Å². The lowest BCUT2D eigenvalue weighted by atomic mass is 10.2. The lowest BCUT2D eigenvalue weighted by molar-refractivity contribution is -0.0987. The Kier molecular flexibility index (Phi) is 4.54. The number of hydrogen-bond donors (Lipinski definition) is 1. The summed E-state index contributed by atoms with van der Waals surface area (Å²) in [6.07, 6.45) is -1.01. The van der Waals surface area contributed by atoms with Crippen LogP contribution in [0.25, 0.3) is 0 Å². The van der Waals surface area contributed by atoms with Crippen molar-refractivity contribution >= 4 is 0 Å². The van der Waals surface area contributed by atoms with Crippen LogP contribution in [0.4, 0.5) is 0 Å². The van der Waals surface area contributed by atoms with Crippen LogP contribution in [-0.4, -0.2) is 44.7 Å². The summed E-state index contributed by atoms with van der Waals surface area (Å²) in [7, 11) is 3.17. The molecule has 1 aromatic rings. The fourth-order valence-electron chi connectivity index (χ4n) is 1.89. The first kappa shape index (κ1) is 13.3. The highest BCUT2D eigenvalue weighted by atomic mass is 16.7. The summed E-state index contributed by atoms with van der Waals surface area (Å²) < 4.78 is 21.5. The summed E-state index contributed by atoms with van der Waals surface area (Å²) >= 11 is 0. The van der Waals surface area contributed by atoms with E-state index in [4.69, 9.17) is 24.1 Å². The lowest BCUT2D eigenvalue weighted by Crippen LogP contribution is -2.33. The van der Waals surface area contributed by atoms with Crippen LogP contribution in [0.15, 0.2) is 24.3 Å². The summed E-state index contributed by atoms with van der Waals surface area (Å²) in [4.78, 5) is 0. The predicted molar refractivity (Wildman–Crippen MR) is 64.4 cm³/mol. The Morgan fingerprint density at radius 1 is 1.33 bits per heavy atom. The average molecular weight is 254 g/mol. The fraction of sp³-hybridized carbons (Fsp3) is 0.538. The number of aliphatic hydroxyl groups is 1. The molecular weight excluding hydrogens is 236 g/mol. The van der Waals surface area contributed by atoms with Crippen LogP contribution < -0.4 is 4.74 Å². The molecule has 1 aliphatic heterocycles. The topological polar surface area (TPSA) is 57.2 Å². The molecule has 1 heterocycles. The standard InChI is InChI=1S/C13H18O5/c1-15-10-5-3-9(4-6-10)13-17-8-12(18-13)11(7-14)16-2/h3-6,11-14H,7-8H2,1-2H3/t11-,12-,13?/m0/s1. The van der Waals surface area contributed by atoms with Crippen molar-refractivity contribution in [3.05, 3.63) is 29.8 Å². The molecule has 0 bridgehead atoms. The number of methoxy groups -OCH3 is 2. The van der Waals surface area contributed by atoms with E-state index < -0.39 is 6.29 Å². The van der Waals surface area contributed by atoms with Crippen LogP contribution in [0.2, 0.25) is 0 Å². The summed E-state index contributed by atoms with van der Waals surface area (Å²) in [5.74, 6) is 0.790. The van der Waals surface area contributed by atoms with E-state index >= 15 is 0 Å². The van der Waals surface area contributed by atoms with Crippen LogP contribution in [0, 0.1) is 0 Å². The maximum Gasteiger partial charge on any atom is 0.184 e. The van der Waals surface area contributed by atoms with Crippen LogP contribution in [-0.2, 0) is 14.2 Å². The number of rotatable bonds is 5. The lowest BCUT2D eigenvalue weighted by Gasteiger charge is -2.18. The van der Waals surface area contributed by atoms with E-state index in [-0.39, 0.29) is 18.8 Å². The Morgan fingerprint density at radius 3 is 2.61 bits per heavy atom. The van der Waals surface area contributed by atoms with Crippen molar-refractivity contribution in [3.63, 3.8) is 0 Å². The molecule has 1 unspecified atom stereocenters. The molecule has 2 rings (SSSR count). The van der Waals surface area contributed by atoms with Crippen LogP contribution in [0.1, 0.15) is 11.9 Å². The minimum atomic E-state index is -0.412. The Hall–Kier alpha value is -1.14. The molecule has 3 atom stereocenters. The zero-order chi connectivity index (χ0) is 13.0. The van der Waals surface area contributed by atoms with E-state index in [2.05, 4.69) is 0 Å². The predicted octanol–water partition coefficient (Wildman–Crippen LogP) is 1.12. The zero-order valence-corrected chi connectivity index (χ0v) is 10.5. The van der Waals surface area contributed by atoms with Crippen LogP contribution in [0.3, 0.4) is 0 Å². The molecule has 100 valence electrons. The third-order valence-corrected chi connectivity index (χ3v) is 3.00. The largest absolute Gasteiger partial charge is 0.497 e. The van der Waals surface area contributed by atoms with Crippen LogP contribution in [0.5, 0.6) is 5.75 Å². The van der Waals surface area contributed by atoms with Gasteiger partial charge in [-0.3, -0.25) is 0 Å². The maximum atomic E-state index is 9.13. The van der Waals surface area contributed by atoms with Crippen molar-refractivity contribution in [2.45, 2.75) is 18.5 Å². The highest BCUT2D eigenvalue weighted by Gasteiger charge is 2.33. The highest BCUT2D eigenvalue weighted by molar-refractivity contribution is 5.28. The first-order chi connectivity index (χ1) is 8.78. The Balaban J connectivity index is 1.99. The molecule has 0 saturated carbocycles. The summed E-state index contributed by atoms with van der Waals surface area (Å²) in [6.45, 7) is 0.329. The molecule has 1 N–H and O–H groups in total. The van der Waals surface area contributed by atoms with Gasteiger partial charge in [-0.25, -0.2) is 0 Å². The molecule has 18 heavy (non-hydrogen) atoms. The van der Waals surface area contributed by atoms with Gasteiger partial charge in [0.15, 0.2) is 6.29 Å². The number of aliphatic hydroxyl groups excluding tert-OH is 1. The second-order valence-corrected chi connectivity index (χ2v) is 4.07. The van der Waals surface area contributed by atoms with E-state index in [1.165, 1.54) is 0 Å². The van der Waals surface area contributed by atoms with Crippen molar-refractivity contribution < 1.29 is 24.1 Å². The maximum absolute atomic E-state index is 9.13. The molecule has 1 saturated heterocycles. The summed E-state index contributed by atoms with van der Waals surface area (Å²) in [6, 6.07) is 7.50. The number of ether oxygens (including phenoxy) is 4. The highest BCUT2D eigenvalue weighted by Crippen LogP contribution is 2.29. The van der Waals surface area contributed by atoms with Gasteiger partial charge in [0.1, 0.15) is 18.0 Å². The van der Waals surface area contributed by atoms with Gasteiger partial charge in [0.2, 0.25) is 0 Å². The number of hydrogen-bond acceptors (Lipinski definition) is 5. The Labute approximate surface area is 106 Å². The summed E-state index contributed by atoms with van der Waals surface area (Å²) in [5.41, 5.74) is 0.922. The minimum Gasteiger partial charge on any atom is -0.497 e. The van der Waals surface area contributed by atoms with Gasteiger partial charge >= 0.3 is 0 Å². The molecule has 1 aromatic carbocycles. The second kappa shape index (κ2) is 6.15. The zero-order valence-electron chi connectivity index (χ0n) is 10.5. The van der Waals surface area contributed by atoms with Crippen molar-refractivity contribution in [2.75, 3.05) is 27.4 Å². The quantitative estimate of drug-likeness (QED) is 0.853. The molecule has 5 nitrogen and oxygen atoms in total. The van der Waals surface area contributed by atoms with Crippen molar-refractivity contribution in [2.24, 2.45) is 0 Å². The SMILES string of the molecule is COc1ccc(C2OC[C@@H]([C@H](CO)OC)O2)cc1. The van der Waals surface area contributed by atoms with Gasteiger partial charge in [0, 0.05) is 12.7 Å². The molecular formula is C13H18O5. The Morgan fingerprint density at radius 2 is 2.06 bits per heavy atom. The van der Waals surface area contributed by atoms with Gasteiger partial charge in [-0.05, 0) is 12.1 Å². The van der Waals surface area contributed by atoms with E-state index in [9.17, 15) is 0 Å². The minimum absolute atomic E-state index is 0.0835. The average Bonchev–Trinajstić information content (AvgIpc) is 2.90. The summed E-state index contributed by atoms with van der Waals surface area (Å²) in [5, 5.41) is 9.13. The third-order valence-electron chi connectivity index (χ3n) is 3.00. The van der Waals surface area contributed by atoms with Crippen LogP contribution >= 0.6 is 0 Å². The van der Waals surface area contributed by atoms with Crippen molar-refractivity contribution in [1.82, 2.24) is 0 Å². The molecule has 1 fully saturated rings. The van der Waals surface area contributed by atoms with Gasteiger partial charge < -0.3 is 24.1 Å². The van der Waals surface area contributed by atoms with Gasteiger partial charge in [0.25, 0.3) is 0 Å². The molecule has 0 spiro atoms. The van der Waals surface area contributed by atoms with Gasteiger partial charge in [0.05, 0.1) is 20.3 Å². The molecule has 0 aliphatic carbocycles. The van der Waals surface area contributed by atoms with Gasteiger partial charge in [-0.1, -0.05) is 12.1 Å².